The number of hydrogen-bond acceptors (Lipinski definition) is 13. The van der Waals surface area contributed by atoms with Gasteiger partial charge in [-0.15, -0.1) is 0 Å². The lowest BCUT2D eigenvalue weighted by atomic mass is 10.2. The highest BCUT2D eigenvalue weighted by atomic mass is 16.5. The summed E-state index contributed by atoms with van der Waals surface area (Å²) in [6.07, 6.45) is 0.900. The maximum Gasteiger partial charge on any atom is 0.251 e. The van der Waals surface area contributed by atoms with E-state index in [4.69, 9.17) is 24.5 Å². The van der Waals surface area contributed by atoms with Gasteiger partial charge in [0.25, 0.3) is 11.8 Å². The Morgan fingerprint density at radius 2 is 1.16 bits per heavy atom. The Balaban J connectivity index is 1.33. The number of nitrogens with zero attached hydrogens (tertiary/aromatic N) is 6. The van der Waals surface area contributed by atoms with Crippen LogP contribution in [0.3, 0.4) is 0 Å². The lowest BCUT2D eigenvalue weighted by molar-refractivity contribution is 0.0511. The van der Waals surface area contributed by atoms with Gasteiger partial charge in [-0.25, -0.2) is 0 Å². The number of anilines is 4. The Kier molecular flexibility index (Phi) is 18.9. The van der Waals surface area contributed by atoms with Crippen molar-refractivity contribution in [2.24, 2.45) is 5.11 Å². The summed E-state index contributed by atoms with van der Waals surface area (Å²) in [6.45, 7) is 7.29. The number of aromatic nitrogens is 3. The second-order valence-corrected chi connectivity index (χ2v) is 10.1. The van der Waals surface area contributed by atoms with Crippen LogP contribution in [0.2, 0.25) is 0 Å². The minimum atomic E-state index is -0.223. The summed E-state index contributed by atoms with van der Waals surface area (Å²) in [5.74, 6) is 0.783. The van der Waals surface area contributed by atoms with Crippen LogP contribution in [0.25, 0.3) is 10.4 Å². The molecule has 0 spiro atoms. The highest BCUT2D eigenvalue weighted by Gasteiger charge is 2.09. The minimum absolute atomic E-state index is 0.131. The first kappa shape index (κ1) is 38.4. The molecule has 2 amide bonds. The summed E-state index contributed by atoms with van der Waals surface area (Å²) in [7, 11) is 0. The van der Waals surface area contributed by atoms with Gasteiger partial charge in [0, 0.05) is 54.4 Å². The van der Waals surface area contributed by atoms with Gasteiger partial charge in [0.2, 0.25) is 17.8 Å². The molecule has 49 heavy (non-hydrogen) atoms. The van der Waals surface area contributed by atoms with Crippen molar-refractivity contribution >= 4 is 35.3 Å². The van der Waals surface area contributed by atoms with E-state index in [9.17, 15) is 9.59 Å². The van der Waals surface area contributed by atoms with Gasteiger partial charge in [0.05, 0.1) is 52.9 Å². The molecule has 5 N–H and O–H groups in total. The van der Waals surface area contributed by atoms with Gasteiger partial charge in [-0.3, -0.25) is 9.59 Å². The van der Waals surface area contributed by atoms with Crippen LogP contribution in [0.4, 0.5) is 23.5 Å². The van der Waals surface area contributed by atoms with Crippen LogP contribution in [-0.2, 0) is 18.9 Å². The van der Waals surface area contributed by atoms with E-state index in [0.29, 0.717) is 114 Å². The van der Waals surface area contributed by atoms with E-state index >= 15 is 0 Å². The fourth-order valence-electron chi connectivity index (χ4n) is 3.96. The first-order valence-electron chi connectivity index (χ1n) is 16.1. The second-order valence-electron chi connectivity index (χ2n) is 10.1. The molecule has 0 saturated carbocycles. The van der Waals surface area contributed by atoms with Crippen LogP contribution < -0.4 is 26.6 Å². The number of amides is 2. The molecule has 17 nitrogen and oxygen atoms in total. The Morgan fingerprint density at radius 1 is 0.653 bits per heavy atom. The summed E-state index contributed by atoms with van der Waals surface area (Å²) in [6, 6.07) is 16.0. The summed E-state index contributed by atoms with van der Waals surface area (Å²) in [4.78, 5) is 40.5. The molecule has 0 saturated heterocycles. The van der Waals surface area contributed by atoms with Crippen molar-refractivity contribution in [3.8, 4) is 0 Å². The van der Waals surface area contributed by atoms with E-state index in [0.717, 1.165) is 6.42 Å². The zero-order valence-corrected chi connectivity index (χ0v) is 27.7. The molecule has 3 aromatic rings. The van der Waals surface area contributed by atoms with Crippen molar-refractivity contribution in [2.75, 3.05) is 102 Å². The Labute approximate surface area is 285 Å². The van der Waals surface area contributed by atoms with Gasteiger partial charge in [-0.2, -0.15) is 15.0 Å². The van der Waals surface area contributed by atoms with Crippen LogP contribution in [-0.4, -0.2) is 112 Å². The molecule has 0 radical (unpaired) electrons. The number of rotatable bonds is 26. The first-order valence-corrected chi connectivity index (χ1v) is 16.1. The molecular formula is C32H45N11O6. The molecule has 0 aliphatic rings. The molecule has 1 heterocycles. The highest BCUT2D eigenvalue weighted by molar-refractivity contribution is 5.94. The van der Waals surface area contributed by atoms with Gasteiger partial charge in [-0.1, -0.05) is 30.2 Å². The van der Waals surface area contributed by atoms with Crippen molar-refractivity contribution in [3.63, 3.8) is 0 Å². The Hall–Kier alpha value is -5.06. The third kappa shape index (κ3) is 16.6. The standard InChI is InChI=1S/C32H45N11O6/c1-2-12-36-30-40-31(37-15-19-48-22-21-46-17-13-34-28(44)25-6-4-3-5-7-25)42-32(41-30)39-27-10-8-26(9-11-27)29(45)35-14-18-47-23-24-49-20-16-38-43-33/h3-11H,2,12-24H2,1H3,(H,34,44)(H,35,45)(H3,36,37,39,40,41,42). The number of carbonyl (C=O) groups is 2. The number of benzene rings is 2. The second kappa shape index (κ2) is 24.1. The highest BCUT2D eigenvalue weighted by Crippen LogP contribution is 2.17. The van der Waals surface area contributed by atoms with E-state index in [1.165, 1.54) is 0 Å². The summed E-state index contributed by atoms with van der Waals surface area (Å²) < 4.78 is 21.8. The maximum atomic E-state index is 12.5. The number of hydrogen-bond donors (Lipinski definition) is 5. The predicted octanol–water partition coefficient (Wildman–Crippen LogP) is 3.39. The summed E-state index contributed by atoms with van der Waals surface area (Å²) in [5.41, 5.74) is 10.0. The monoisotopic (exact) mass is 679 g/mol. The van der Waals surface area contributed by atoms with Crippen molar-refractivity contribution in [2.45, 2.75) is 13.3 Å². The van der Waals surface area contributed by atoms with Crippen molar-refractivity contribution < 1.29 is 28.5 Å². The van der Waals surface area contributed by atoms with Gasteiger partial charge < -0.3 is 45.5 Å². The smallest absolute Gasteiger partial charge is 0.251 e. The molecule has 17 heteroatoms. The number of azide groups is 1. The Bertz CT molecular complexity index is 1430. The molecular weight excluding hydrogens is 634 g/mol. The van der Waals surface area contributed by atoms with Gasteiger partial charge >= 0.3 is 0 Å². The van der Waals surface area contributed by atoms with E-state index in [1.54, 1.807) is 36.4 Å². The van der Waals surface area contributed by atoms with Crippen LogP contribution in [0.1, 0.15) is 34.1 Å². The third-order valence-electron chi connectivity index (χ3n) is 6.34. The summed E-state index contributed by atoms with van der Waals surface area (Å²) >= 11 is 0. The number of carbonyl (C=O) groups excluding carboxylic acids is 2. The topological polar surface area (TPSA) is 219 Å². The van der Waals surface area contributed by atoms with Gasteiger partial charge in [-0.05, 0) is 48.4 Å². The molecule has 0 aliphatic carbocycles. The molecule has 0 atom stereocenters. The van der Waals surface area contributed by atoms with E-state index in [1.807, 2.05) is 25.1 Å². The largest absolute Gasteiger partial charge is 0.379 e. The average molecular weight is 680 g/mol. The molecule has 0 fully saturated rings. The summed E-state index contributed by atoms with van der Waals surface area (Å²) in [5, 5.41) is 18.5. The zero-order valence-electron chi connectivity index (χ0n) is 27.7. The van der Waals surface area contributed by atoms with Crippen LogP contribution in [0.5, 0.6) is 0 Å². The van der Waals surface area contributed by atoms with Crippen molar-refractivity contribution in [3.05, 3.63) is 76.2 Å². The fraction of sp³-hybridized carbons (Fsp3) is 0.469. The quantitative estimate of drug-likeness (QED) is 0.0357. The molecule has 0 aliphatic heterocycles. The predicted molar refractivity (Wildman–Crippen MR) is 185 cm³/mol. The van der Waals surface area contributed by atoms with Crippen molar-refractivity contribution in [1.82, 2.24) is 25.6 Å². The SMILES string of the molecule is CCCNc1nc(NCCOCCOCCNC(=O)c2ccccc2)nc(Nc2ccc(C(=O)NCCOCCOCCN=[N+]=[N-])cc2)n1. The fourth-order valence-corrected chi connectivity index (χ4v) is 3.96. The lowest BCUT2D eigenvalue weighted by Crippen LogP contribution is -2.27. The minimum Gasteiger partial charge on any atom is -0.379 e. The zero-order chi connectivity index (χ0) is 34.8. The van der Waals surface area contributed by atoms with Crippen LogP contribution >= 0.6 is 0 Å². The molecule has 3 rings (SSSR count). The molecule has 2 aromatic carbocycles. The molecule has 1 aromatic heterocycles. The molecule has 0 bridgehead atoms. The third-order valence-corrected chi connectivity index (χ3v) is 6.34. The maximum absolute atomic E-state index is 12.5. The van der Waals surface area contributed by atoms with Crippen LogP contribution in [0, 0.1) is 0 Å². The van der Waals surface area contributed by atoms with Gasteiger partial charge in [0.15, 0.2) is 0 Å². The number of nitrogens with one attached hydrogen (secondary N) is 5. The normalized spacial score (nSPS) is 10.6. The lowest BCUT2D eigenvalue weighted by Gasteiger charge is -2.12. The number of ether oxygens (including phenoxy) is 4. The van der Waals surface area contributed by atoms with Gasteiger partial charge in [0.1, 0.15) is 0 Å². The Morgan fingerprint density at radius 3 is 1.73 bits per heavy atom. The first-order chi connectivity index (χ1) is 24.1. The van der Waals surface area contributed by atoms with E-state index in [-0.39, 0.29) is 18.4 Å². The van der Waals surface area contributed by atoms with E-state index in [2.05, 4.69) is 51.6 Å². The van der Waals surface area contributed by atoms with Crippen molar-refractivity contribution in [1.29, 1.82) is 0 Å². The molecule has 0 unspecified atom stereocenters. The molecule has 264 valence electrons. The van der Waals surface area contributed by atoms with E-state index < -0.39 is 0 Å². The van der Waals surface area contributed by atoms with Crippen LogP contribution in [0.15, 0.2) is 59.7 Å². The average Bonchev–Trinajstić information content (AvgIpc) is 3.12.